The van der Waals surface area contributed by atoms with E-state index in [1.165, 1.54) is 12.8 Å². The van der Waals surface area contributed by atoms with Crippen molar-refractivity contribution < 1.29 is 5.11 Å². The Hall–Kier alpha value is -0.0800. The van der Waals surface area contributed by atoms with Crippen LogP contribution in [0.25, 0.3) is 0 Å². The van der Waals surface area contributed by atoms with Crippen LogP contribution in [0, 0.1) is 11.8 Å². The predicted octanol–water partition coefficient (Wildman–Crippen LogP) is 1.39. The van der Waals surface area contributed by atoms with E-state index in [0.29, 0.717) is 12.0 Å². The molecule has 1 rings (SSSR count). The van der Waals surface area contributed by atoms with Crippen LogP contribution in [0.2, 0.25) is 0 Å². The van der Waals surface area contributed by atoms with Gasteiger partial charge in [0.15, 0.2) is 0 Å². The normalized spacial score (nSPS) is 22.2. The molecule has 0 aromatic heterocycles. The quantitative estimate of drug-likeness (QED) is 0.633. The molecular formula is C10H21NO. The molecule has 2 nitrogen and oxygen atoms in total. The fourth-order valence-electron chi connectivity index (χ4n) is 1.37. The Labute approximate surface area is 75.4 Å². The maximum absolute atomic E-state index is 9.10. The third-order valence-corrected chi connectivity index (χ3v) is 2.89. The van der Waals surface area contributed by atoms with Crippen molar-refractivity contribution in [3.8, 4) is 0 Å². The lowest BCUT2D eigenvalue weighted by molar-refractivity contribution is 0.201. The molecule has 0 radical (unpaired) electrons. The maximum Gasteiger partial charge on any atom is 0.0587 e. The Balaban J connectivity index is 2.13. The van der Waals surface area contributed by atoms with Crippen LogP contribution < -0.4 is 5.32 Å². The molecule has 2 atom stereocenters. The molecule has 1 aliphatic carbocycles. The van der Waals surface area contributed by atoms with Crippen molar-refractivity contribution in [3.63, 3.8) is 0 Å². The molecule has 0 saturated heterocycles. The minimum absolute atomic E-state index is 0.279. The molecule has 2 heteroatoms. The second-order valence-corrected chi connectivity index (χ2v) is 4.03. The van der Waals surface area contributed by atoms with Crippen molar-refractivity contribution in [2.24, 2.45) is 11.8 Å². The lowest BCUT2D eigenvalue weighted by Gasteiger charge is -2.21. The molecule has 2 N–H and O–H groups in total. The number of aliphatic hydroxyl groups is 1. The molecule has 12 heavy (non-hydrogen) atoms. The third kappa shape index (κ3) is 3.11. The summed E-state index contributed by atoms with van der Waals surface area (Å²) in [7, 11) is 0. The van der Waals surface area contributed by atoms with E-state index in [2.05, 4.69) is 19.2 Å². The zero-order chi connectivity index (χ0) is 8.97. The smallest absolute Gasteiger partial charge is 0.0587 e. The summed E-state index contributed by atoms with van der Waals surface area (Å²) in [6.07, 6.45) is 3.90. The summed E-state index contributed by atoms with van der Waals surface area (Å²) in [6.45, 7) is 5.75. The summed E-state index contributed by atoms with van der Waals surface area (Å²) >= 11 is 0. The summed E-state index contributed by atoms with van der Waals surface area (Å²) in [4.78, 5) is 0. The number of hydrogen-bond acceptors (Lipinski definition) is 2. The second kappa shape index (κ2) is 4.83. The van der Waals surface area contributed by atoms with Gasteiger partial charge in [-0.15, -0.1) is 0 Å². The summed E-state index contributed by atoms with van der Waals surface area (Å²) in [5, 5.41) is 12.5. The Kier molecular flexibility index (Phi) is 4.02. The van der Waals surface area contributed by atoms with E-state index in [0.717, 1.165) is 18.9 Å². The van der Waals surface area contributed by atoms with Crippen LogP contribution in [0.15, 0.2) is 0 Å². The summed E-state index contributed by atoms with van der Waals surface area (Å²) < 4.78 is 0. The molecule has 0 aromatic rings. The summed E-state index contributed by atoms with van der Waals surface area (Å²) in [5.74, 6) is 1.50. The molecule has 1 saturated carbocycles. The van der Waals surface area contributed by atoms with Crippen LogP contribution >= 0.6 is 0 Å². The minimum Gasteiger partial charge on any atom is -0.395 e. The summed E-state index contributed by atoms with van der Waals surface area (Å²) in [5.41, 5.74) is 0. The number of hydrogen-bond donors (Lipinski definition) is 2. The second-order valence-electron chi connectivity index (χ2n) is 4.03. The van der Waals surface area contributed by atoms with Gasteiger partial charge in [-0.3, -0.25) is 0 Å². The highest BCUT2D eigenvalue weighted by Crippen LogP contribution is 2.27. The van der Waals surface area contributed by atoms with Crippen molar-refractivity contribution in [2.75, 3.05) is 13.2 Å². The predicted molar refractivity (Wildman–Crippen MR) is 51.1 cm³/mol. The average Bonchev–Trinajstić information content (AvgIpc) is 2.88. The van der Waals surface area contributed by atoms with Gasteiger partial charge in [0.25, 0.3) is 0 Å². The third-order valence-electron chi connectivity index (χ3n) is 2.89. The minimum atomic E-state index is 0.279. The van der Waals surface area contributed by atoms with Crippen LogP contribution in [0.5, 0.6) is 0 Å². The van der Waals surface area contributed by atoms with Gasteiger partial charge in [0.1, 0.15) is 0 Å². The molecule has 2 unspecified atom stereocenters. The van der Waals surface area contributed by atoms with E-state index in [1.807, 2.05) is 0 Å². The van der Waals surface area contributed by atoms with E-state index in [-0.39, 0.29) is 6.61 Å². The molecule has 0 amide bonds. The molecule has 72 valence electrons. The van der Waals surface area contributed by atoms with Crippen molar-refractivity contribution >= 4 is 0 Å². The van der Waals surface area contributed by atoms with Crippen LogP contribution in [-0.4, -0.2) is 24.3 Å². The Bertz CT molecular complexity index is 123. The molecule has 0 heterocycles. The Morgan fingerprint density at radius 3 is 2.58 bits per heavy atom. The fourth-order valence-corrected chi connectivity index (χ4v) is 1.37. The van der Waals surface area contributed by atoms with Gasteiger partial charge in [-0.05, 0) is 31.2 Å². The SMILES string of the molecule is CCC(C)C(CO)NCC1CC1. The Morgan fingerprint density at radius 1 is 1.50 bits per heavy atom. The van der Waals surface area contributed by atoms with E-state index in [9.17, 15) is 0 Å². The van der Waals surface area contributed by atoms with E-state index < -0.39 is 0 Å². The average molecular weight is 171 g/mol. The molecule has 0 spiro atoms. The van der Waals surface area contributed by atoms with E-state index in [4.69, 9.17) is 5.11 Å². The number of nitrogens with one attached hydrogen (secondary N) is 1. The van der Waals surface area contributed by atoms with Gasteiger partial charge in [0.05, 0.1) is 6.61 Å². The molecule has 1 fully saturated rings. The topological polar surface area (TPSA) is 32.3 Å². The maximum atomic E-state index is 9.10. The van der Waals surface area contributed by atoms with Crippen LogP contribution in [0.1, 0.15) is 33.1 Å². The lowest BCUT2D eigenvalue weighted by Crippen LogP contribution is -2.39. The first kappa shape index (κ1) is 10.0. The van der Waals surface area contributed by atoms with Crippen LogP contribution in [0.3, 0.4) is 0 Å². The standard InChI is InChI=1S/C10H21NO/c1-3-8(2)10(7-12)11-6-9-4-5-9/h8-12H,3-7H2,1-2H3. The van der Waals surface area contributed by atoms with Crippen molar-refractivity contribution in [2.45, 2.75) is 39.2 Å². The monoisotopic (exact) mass is 171 g/mol. The van der Waals surface area contributed by atoms with E-state index >= 15 is 0 Å². The highest BCUT2D eigenvalue weighted by atomic mass is 16.3. The van der Waals surface area contributed by atoms with Gasteiger partial charge in [-0.25, -0.2) is 0 Å². The summed E-state index contributed by atoms with van der Waals surface area (Å²) in [6, 6.07) is 0.315. The fraction of sp³-hybridized carbons (Fsp3) is 1.00. The largest absolute Gasteiger partial charge is 0.395 e. The zero-order valence-electron chi connectivity index (χ0n) is 8.21. The van der Waals surface area contributed by atoms with Gasteiger partial charge >= 0.3 is 0 Å². The lowest BCUT2D eigenvalue weighted by atomic mass is 10.00. The van der Waals surface area contributed by atoms with Gasteiger partial charge in [0.2, 0.25) is 0 Å². The molecular weight excluding hydrogens is 150 g/mol. The van der Waals surface area contributed by atoms with Gasteiger partial charge < -0.3 is 10.4 Å². The van der Waals surface area contributed by atoms with E-state index in [1.54, 1.807) is 0 Å². The first-order valence-electron chi connectivity index (χ1n) is 5.12. The Morgan fingerprint density at radius 2 is 2.17 bits per heavy atom. The van der Waals surface area contributed by atoms with Crippen molar-refractivity contribution in [1.82, 2.24) is 5.32 Å². The molecule has 1 aliphatic rings. The molecule has 0 aliphatic heterocycles. The van der Waals surface area contributed by atoms with Gasteiger partial charge in [-0.2, -0.15) is 0 Å². The zero-order valence-corrected chi connectivity index (χ0v) is 8.21. The number of rotatable bonds is 6. The highest BCUT2D eigenvalue weighted by molar-refractivity contribution is 4.79. The van der Waals surface area contributed by atoms with Crippen LogP contribution in [-0.2, 0) is 0 Å². The van der Waals surface area contributed by atoms with Gasteiger partial charge in [0, 0.05) is 6.04 Å². The highest BCUT2D eigenvalue weighted by Gasteiger charge is 2.23. The van der Waals surface area contributed by atoms with Gasteiger partial charge in [-0.1, -0.05) is 20.3 Å². The molecule has 0 bridgehead atoms. The first-order valence-corrected chi connectivity index (χ1v) is 5.12. The van der Waals surface area contributed by atoms with Crippen molar-refractivity contribution in [3.05, 3.63) is 0 Å². The number of aliphatic hydroxyl groups excluding tert-OH is 1. The first-order chi connectivity index (χ1) is 5.77. The van der Waals surface area contributed by atoms with Crippen LogP contribution in [0.4, 0.5) is 0 Å². The molecule has 0 aromatic carbocycles. The van der Waals surface area contributed by atoms with Crippen molar-refractivity contribution in [1.29, 1.82) is 0 Å².